The molecule has 156 valence electrons. The Balaban J connectivity index is 1.79. The van der Waals surface area contributed by atoms with Crippen molar-refractivity contribution in [2.45, 2.75) is 13.8 Å². The summed E-state index contributed by atoms with van der Waals surface area (Å²) < 4.78 is 15.9. The first-order chi connectivity index (χ1) is 13.9. The third-order valence-corrected chi connectivity index (χ3v) is 4.76. The maximum atomic E-state index is 12.4. The van der Waals surface area contributed by atoms with E-state index in [-0.39, 0.29) is 31.5 Å². The maximum Gasteiger partial charge on any atom is 0.258 e. The van der Waals surface area contributed by atoms with Crippen LogP contribution in [0, 0.1) is 13.8 Å². The zero-order valence-electron chi connectivity index (χ0n) is 16.9. The van der Waals surface area contributed by atoms with Crippen molar-refractivity contribution >= 4 is 23.4 Å². The number of benzene rings is 2. The van der Waals surface area contributed by atoms with Gasteiger partial charge in [0.1, 0.15) is 22.8 Å². The highest BCUT2D eigenvalue weighted by molar-refractivity contribution is 6.32. The van der Waals surface area contributed by atoms with Gasteiger partial charge in [0.2, 0.25) is 0 Å². The van der Waals surface area contributed by atoms with Crippen LogP contribution in [0.25, 0.3) is 0 Å². The van der Waals surface area contributed by atoms with E-state index in [0.29, 0.717) is 27.8 Å². The van der Waals surface area contributed by atoms with Crippen molar-refractivity contribution in [3.05, 3.63) is 52.0 Å². The molecule has 8 heteroatoms. The van der Waals surface area contributed by atoms with Gasteiger partial charge in [-0.25, -0.2) is 0 Å². The molecule has 2 rings (SSSR count). The molecule has 0 fully saturated rings. The smallest absolute Gasteiger partial charge is 0.258 e. The molecule has 2 N–H and O–H groups in total. The van der Waals surface area contributed by atoms with Crippen molar-refractivity contribution in [3.63, 3.8) is 0 Å². The Bertz CT molecular complexity index is 840. The molecule has 0 unspecified atom stereocenters. The normalized spacial score (nSPS) is 10.2. The van der Waals surface area contributed by atoms with Gasteiger partial charge in [0.05, 0.1) is 14.2 Å². The second-order valence-electron chi connectivity index (χ2n) is 6.30. The fourth-order valence-corrected chi connectivity index (χ4v) is 2.84. The predicted molar refractivity (Wildman–Crippen MR) is 111 cm³/mol. The molecular weight excluding hydrogens is 396 g/mol. The summed E-state index contributed by atoms with van der Waals surface area (Å²) in [5.74, 6) is 0.757. The first kappa shape index (κ1) is 22.4. The van der Waals surface area contributed by atoms with Gasteiger partial charge in [-0.1, -0.05) is 17.7 Å². The molecule has 0 aliphatic heterocycles. The fraction of sp³-hybridized carbons (Fsp3) is 0.333. The van der Waals surface area contributed by atoms with Gasteiger partial charge in [-0.05, 0) is 49.2 Å². The number of hydrogen-bond donors (Lipinski definition) is 2. The third kappa shape index (κ3) is 6.02. The van der Waals surface area contributed by atoms with Gasteiger partial charge in [0.25, 0.3) is 11.8 Å². The SMILES string of the molecule is COc1cccc(OC)c1C(=O)NCCNC(=O)COc1cc(C)c(Cl)c(C)c1. The van der Waals surface area contributed by atoms with E-state index in [1.165, 1.54) is 14.2 Å². The van der Waals surface area contributed by atoms with E-state index >= 15 is 0 Å². The summed E-state index contributed by atoms with van der Waals surface area (Å²) in [5, 5.41) is 6.10. The summed E-state index contributed by atoms with van der Waals surface area (Å²) in [5.41, 5.74) is 2.08. The minimum absolute atomic E-state index is 0.130. The molecule has 0 aliphatic carbocycles. The first-order valence-corrected chi connectivity index (χ1v) is 9.40. The molecule has 0 aliphatic rings. The summed E-state index contributed by atoms with van der Waals surface area (Å²) in [6.07, 6.45) is 0. The first-order valence-electron chi connectivity index (χ1n) is 9.02. The van der Waals surface area contributed by atoms with E-state index in [2.05, 4.69) is 10.6 Å². The molecule has 2 amide bonds. The van der Waals surface area contributed by atoms with Gasteiger partial charge in [-0.3, -0.25) is 9.59 Å². The largest absolute Gasteiger partial charge is 0.496 e. The molecule has 0 radical (unpaired) electrons. The van der Waals surface area contributed by atoms with Crippen LogP contribution >= 0.6 is 11.6 Å². The van der Waals surface area contributed by atoms with E-state index < -0.39 is 0 Å². The quantitative estimate of drug-likeness (QED) is 0.609. The predicted octanol–water partition coefficient (Wildman–Crippen LogP) is 2.90. The van der Waals surface area contributed by atoms with E-state index in [1.807, 2.05) is 13.8 Å². The Labute approximate surface area is 175 Å². The van der Waals surface area contributed by atoms with Crippen LogP contribution in [0.1, 0.15) is 21.5 Å². The number of amides is 2. The summed E-state index contributed by atoms with van der Waals surface area (Å²) in [7, 11) is 2.96. The van der Waals surface area contributed by atoms with Crippen LogP contribution in [0.4, 0.5) is 0 Å². The zero-order chi connectivity index (χ0) is 21.4. The minimum atomic E-state index is -0.350. The molecule has 0 atom stereocenters. The lowest BCUT2D eigenvalue weighted by atomic mass is 10.1. The van der Waals surface area contributed by atoms with Crippen LogP contribution in [0.15, 0.2) is 30.3 Å². The Kier molecular flexibility index (Phi) is 8.15. The highest BCUT2D eigenvalue weighted by Crippen LogP contribution is 2.28. The molecular formula is C21H25ClN2O5. The summed E-state index contributed by atoms with van der Waals surface area (Å²) in [4.78, 5) is 24.4. The third-order valence-electron chi connectivity index (χ3n) is 4.17. The summed E-state index contributed by atoms with van der Waals surface area (Å²) in [6, 6.07) is 8.65. The second kappa shape index (κ2) is 10.6. The molecule has 2 aromatic carbocycles. The average molecular weight is 421 g/mol. The fourth-order valence-electron chi connectivity index (χ4n) is 2.73. The zero-order valence-corrected chi connectivity index (χ0v) is 17.7. The standard InChI is InChI=1S/C21H25ClN2O5/c1-13-10-15(11-14(2)20(13)22)29-12-18(25)23-8-9-24-21(26)19-16(27-3)6-5-7-17(19)28-4/h5-7,10-11H,8-9,12H2,1-4H3,(H,23,25)(H,24,26). The Morgan fingerprint density at radius 1 is 0.966 bits per heavy atom. The van der Waals surface area contributed by atoms with Crippen LogP contribution in [0.5, 0.6) is 17.2 Å². The van der Waals surface area contributed by atoms with Crippen molar-refractivity contribution in [1.82, 2.24) is 10.6 Å². The van der Waals surface area contributed by atoms with E-state index in [4.69, 9.17) is 25.8 Å². The Hall–Kier alpha value is -2.93. The van der Waals surface area contributed by atoms with Crippen molar-refractivity contribution in [2.24, 2.45) is 0 Å². The van der Waals surface area contributed by atoms with Crippen molar-refractivity contribution in [2.75, 3.05) is 33.9 Å². The highest BCUT2D eigenvalue weighted by atomic mass is 35.5. The molecule has 0 heterocycles. The molecule has 0 spiro atoms. The second-order valence-corrected chi connectivity index (χ2v) is 6.68. The number of rotatable bonds is 9. The highest BCUT2D eigenvalue weighted by Gasteiger charge is 2.17. The average Bonchev–Trinajstić information content (AvgIpc) is 2.72. The van der Waals surface area contributed by atoms with Gasteiger partial charge in [0.15, 0.2) is 6.61 Å². The van der Waals surface area contributed by atoms with Gasteiger partial charge in [-0.15, -0.1) is 0 Å². The number of carbonyl (C=O) groups excluding carboxylic acids is 2. The molecule has 7 nitrogen and oxygen atoms in total. The van der Waals surface area contributed by atoms with Crippen LogP contribution in [0.2, 0.25) is 5.02 Å². The number of nitrogens with one attached hydrogen (secondary N) is 2. The van der Waals surface area contributed by atoms with E-state index in [0.717, 1.165) is 11.1 Å². The Morgan fingerprint density at radius 2 is 1.52 bits per heavy atom. The molecule has 0 aromatic heterocycles. The maximum absolute atomic E-state index is 12.4. The van der Waals surface area contributed by atoms with Gasteiger partial charge < -0.3 is 24.8 Å². The lowest BCUT2D eigenvalue weighted by molar-refractivity contribution is -0.123. The van der Waals surface area contributed by atoms with Crippen molar-refractivity contribution < 1.29 is 23.8 Å². The summed E-state index contributed by atoms with van der Waals surface area (Å²) in [6.45, 7) is 4.12. The number of methoxy groups -OCH3 is 2. The molecule has 0 bridgehead atoms. The number of ether oxygens (including phenoxy) is 3. The lowest BCUT2D eigenvalue weighted by Crippen LogP contribution is -2.37. The Morgan fingerprint density at radius 3 is 2.07 bits per heavy atom. The molecule has 0 saturated carbocycles. The molecule has 0 saturated heterocycles. The number of hydrogen-bond acceptors (Lipinski definition) is 5. The topological polar surface area (TPSA) is 85.9 Å². The van der Waals surface area contributed by atoms with Crippen LogP contribution in [-0.2, 0) is 4.79 Å². The number of carbonyl (C=O) groups is 2. The van der Waals surface area contributed by atoms with Crippen molar-refractivity contribution in [3.8, 4) is 17.2 Å². The number of aryl methyl sites for hydroxylation is 2. The minimum Gasteiger partial charge on any atom is -0.496 e. The van der Waals surface area contributed by atoms with Gasteiger partial charge >= 0.3 is 0 Å². The van der Waals surface area contributed by atoms with Crippen LogP contribution < -0.4 is 24.8 Å². The van der Waals surface area contributed by atoms with Crippen LogP contribution in [-0.4, -0.2) is 45.7 Å². The lowest BCUT2D eigenvalue weighted by Gasteiger charge is -2.13. The summed E-state index contributed by atoms with van der Waals surface area (Å²) >= 11 is 6.12. The molecule has 29 heavy (non-hydrogen) atoms. The monoisotopic (exact) mass is 420 g/mol. The van der Waals surface area contributed by atoms with Crippen LogP contribution in [0.3, 0.4) is 0 Å². The van der Waals surface area contributed by atoms with Crippen molar-refractivity contribution in [1.29, 1.82) is 0 Å². The van der Waals surface area contributed by atoms with Gasteiger partial charge in [-0.2, -0.15) is 0 Å². The number of halogens is 1. The van der Waals surface area contributed by atoms with E-state index in [1.54, 1.807) is 30.3 Å². The van der Waals surface area contributed by atoms with E-state index in [9.17, 15) is 9.59 Å². The van der Waals surface area contributed by atoms with Gasteiger partial charge in [0, 0.05) is 18.1 Å². The molecule has 2 aromatic rings.